The molecule has 5 aliphatic carbocycles. The van der Waals surface area contributed by atoms with Crippen LogP contribution in [-0.4, -0.2) is 8.07 Å². The van der Waals surface area contributed by atoms with Gasteiger partial charge in [0.05, 0.1) is 8.07 Å². The Morgan fingerprint density at radius 3 is 2.03 bits per heavy atom. The van der Waals surface area contributed by atoms with Crippen molar-refractivity contribution in [3.8, 4) is 0 Å². The molecule has 0 amide bonds. The summed E-state index contributed by atoms with van der Waals surface area (Å²) in [6, 6.07) is 11.7. The number of hydrogen-bond donors (Lipinski definition) is 0. The van der Waals surface area contributed by atoms with E-state index in [1.807, 2.05) is 0 Å². The van der Waals surface area contributed by atoms with E-state index in [9.17, 15) is 0 Å². The smallest absolute Gasteiger partial charge is 0.0544 e. The van der Waals surface area contributed by atoms with Gasteiger partial charge in [-0.25, -0.2) is 0 Å². The van der Waals surface area contributed by atoms with Gasteiger partial charge in [0, 0.05) is 0 Å². The van der Waals surface area contributed by atoms with Crippen LogP contribution in [0.15, 0.2) is 30.3 Å². The first-order valence-electron chi connectivity index (χ1n) is 17.2. The lowest BCUT2D eigenvalue weighted by Gasteiger charge is -2.49. The third kappa shape index (κ3) is 4.92. The zero-order chi connectivity index (χ0) is 26.7. The Hall–Kier alpha value is -0.563. The molecule has 212 valence electrons. The van der Waals surface area contributed by atoms with Crippen LogP contribution in [0.1, 0.15) is 123 Å². The lowest BCUT2D eigenvalue weighted by molar-refractivity contribution is 0.0640. The van der Waals surface area contributed by atoms with Gasteiger partial charge in [-0.05, 0) is 127 Å². The monoisotopic (exact) mass is 532 g/mol. The number of benzene rings is 1. The van der Waals surface area contributed by atoms with Gasteiger partial charge in [0.2, 0.25) is 0 Å². The van der Waals surface area contributed by atoms with E-state index in [-0.39, 0.29) is 0 Å². The van der Waals surface area contributed by atoms with Crippen molar-refractivity contribution in [3.63, 3.8) is 0 Å². The molecule has 9 atom stereocenters. The second kappa shape index (κ2) is 10.7. The van der Waals surface area contributed by atoms with Crippen LogP contribution in [0.2, 0.25) is 24.2 Å². The number of hydrogen-bond acceptors (Lipinski definition) is 0. The van der Waals surface area contributed by atoms with Crippen molar-refractivity contribution in [1.82, 2.24) is 0 Å². The van der Waals surface area contributed by atoms with Crippen LogP contribution in [0, 0.1) is 52.8 Å². The molecular weight excluding hydrogens is 472 g/mol. The van der Waals surface area contributed by atoms with Crippen LogP contribution >= 0.6 is 0 Å². The molecule has 5 aliphatic rings. The van der Waals surface area contributed by atoms with E-state index in [1.165, 1.54) is 32.1 Å². The highest BCUT2D eigenvalue weighted by atomic mass is 28.3. The van der Waals surface area contributed by atoms with Crippen LogP contribution in [-0.2, 0) is 0 Å². The van der Waals surface area contributed by atoms with E-state index >= 15 is 0 Å². The van der Waals surface area contributed by atoms with Crippen molar-refractivity contribution in [2.75, 3.05) is 0 Å². The third-order valence-electron chi connectivity index (χ3n) is 14.0. The van der Waals surface area contributed by atoms with E-state index in [0.717, 1.165) is 64.3 Å². The minimum Gasteiger partial charge on any atom is -0.0689 e. The first-order valence-corrected chi connectivity index (χ1v) is 20.4. The Morgan fingerprint density at radius 2 is 1.32 bits per heavy atom. The fraction of sp³-hybridized carbons (Fsp3) is 0.838. The fourth-order valence-electron chi connectivity index (χ4n) is 12.5. The Morgan fingerprint density at radius 1 is 0.658 bits per heavy atom. The Balaban J connectivity index is 1.17. The topological polar surface area (TPSA) is 0 Å². The van der Waals surface area contributed by atoms with E-state index in [4.69, 9.17) is 0 Å². The molecule has 0 saturated heterocycles. The molecule has 9 unspecified atom stereocenters. The Bertz CT molecular complexity index is 918. The van der Waals surface area contributed by atoms with E-state index < -0.39 is 8.07 Å². The zero-order valence-electron chi connectivity index (χ0n) is 25.9. The largest absolute Gasteiger partial charge is 0.0689 e. The summed E-state index contributed by atoms with van der Waals surface area (Å²) in [5.74, 6) is 9.08. The summed E-state index contributed by atoms with van der Waals surface area (Å²) in [6.07, 6.45) is 20.0. The maximum atomic E-state index is 2.91. The molecule has 0 aliphatic heterocycles. The molecule has 0 radical (unpaired) electrons. The molecule has 6 rings (SSSR count). The normalized spacial score (nSPS) is 44.0. The van der Waals surface area contributed by atoms with Gasteiger partial charge in [-0.15, -0.1) is 0 Å². The van der Waals surface area contributed by atoms with Gasteiger partial charge >= 0.3 is 0 Å². The van der Waals surface area contributed by atoms with Crippen molar-refractivity contribution >= 4 is 8.07 Å². The van der Waals surface area contributed by atoms with Gasteiger partial charge in [0.15, 0.2) is 0 Å². The van der Waals surface area contributed by atoms with E-state index in [1.54, 1.807) is 56.9 Å². The quantitative estimate of drug-likeness (QED) is 0.338. The number of fused-ring (bicyclic) bond motifs is 2. The van der Waals surface area contributed by atoms with Crippen LogP contribution in [0.3, 0.4) is 0 Å². The Kier molecular flexibility index (Phi) is 7.76. The Labute approximate surface area is 237 Å². The first-order chi connectivity index (χ1) is 18.2. The summed E-state index contributed by atoms with van der Waals surface area (Å²) in [5.41, 5.74) is 4.37. The van der Waals surface area contributed by atoms with Gasteiger partial charge in [-0.1, -0.05) is 103 Å². The molecule has 5 saturated carbocycles. The molecule has 0 nitrogen and oxygen atoms in total. The van der Waals surface area contributed by atoms with Gasteiger partial charge in [0.25, 0.3) is 0 Å². The molecule has 0 spiro atoms. The highest BCUT2D eigenvalue weighted by molar-refractivity contribution is 6.80. The standard InChI is InChI=1S/C37H60Si/c1-25-24-34-30(26-12-8-7-9-13-26)15-11-17-33(34)36(25)38(5,6)35-23-22-31-29(14-10-16-32(31)35)27-18-20-28(21-19-27)37(2,3)4/h7-9,12-13,25,27-36H,10-11,14-24H2,1-6H3. The summed E-state index contributed by atoms with van der Waals surface area (Å²) in [4.78, 5) is 0. The molecular formula is C37H60Si. The van der Waals surface area contributed by atoms with Gasteiger partial charge in [0.1, 0.15) is 0 Å². The van der Waals surface area contributed by atoms with Crippen LogP contribution < -0.4 is 0 Å². The summed E-state index contributed by atoms with van der Waals surface area (Å²) in [6.45, 7) is 16.0. The average molecular weight is 533 g/mol. The molecule has 38 heavy (non-hydrogen) atoms. The molecule has 1 aromatic rings. The zero-order valence-corrected chi connectivity index (χ0v) is 26.9. The SMILES string of the molecule is CC1CC2C(c3ccccc3)CCCC2C1[Si](C)(C)C1CCC2C(C3CCC(C(C)(C)C)CC3)CCCC21. The third-order valence-corrected chi connectivity index (χ3v) is 19.3. The highest BCUT2D eigenvalue weighted by Gasteiger charge is 2.58. The molecule has 0 N–H and O–H groups in total. The summed E-state index contributed by atoms with van der Waals surface area (Å²) in [5, 5.41) is 0. The van der Waals surface area contributed by atoms with Crippen molar-refractivity contribution in [2.24, 2.45) is 52.8 Å². The molecule has 1 heteroatoms. The minimum absolute atomic E-state index is 0.516. The average Bonchev–Trinajstić information content (AvgIpc) is 3.50. The summed E-state index contributed by atoms with van der Waals surface area (Å²) in [7, 11) is -1.36. The molecule has 0 aromatic heterocycles. The van der Waals surface area contributed by atoms with Crippen LogP contribution in [0.25, 0.3) is 0 Å². The van der Waals surface area contributed by atoms with Crippen molar-refractivity contribution in [3.05, 3.63) is 35.9 Å². The molecule has 0 bridgehead atoms. The summed E-state index contributed by atoms with van der Waals surface area (Å²) >= 11 is 0. The first kappa shape index (κ1) is 27.6. The molecule has 1 aromatic carbocycles. The van der Waals surface area contributed by atoms with E-state index in [0.29, 0.717) is 5.41 Å². The second-order valence-electron chi connectivity index (χ2n) is 16.9. The minimum atomic E-state index is -1.36. The molecule has 0 heterocycles. The highest BCUT2D eigenvalue weighted by Crippen LogP contribution is 2.66. The van der Waals surface area contributed by atoms with Gasteiger partial charge in [-0.3, -0.25) is 0 Å². The van der Waals surface area contributed by atoms with Crippen molar-refractivity contribution in [1.29, 1.82) is 0 Å². The number of rotatable bonds is 4. The predicted octanol–water partition coefficient (Wildman–Crippen LogP) is 11.4. The predicted molar refractivity (Wildman–Crippen MR) is 167 cm³/mol. The van der Waals surface area contributed by atoms with Gasteiger partial charge < -0.3 is 0 Å². The van der Waals surface area contributed by atoms with Crippen molar-refractivity contribution < 1.29 is 0 Å². The second-order valence-corrected chi connectivity index (χ2v) is 22.0. The molecule has 5 fully saturated rings. The van der Waals surface area contributed by atoms with E-state index in [2.05, 4.69) is 71.1 Å². The van der Waals surface area contributed by atoms with Crippen LogP contribution in [0.5, 0.6) is 0 Å². The maximum absolute atomic E-state index is 2.91. The van der Waals surface area contributed by atoms with Gasteiger partial charge in [-0.2, -0.15) is 0 Å². The fourth-order valence-corrected chi connectivity index (χ4v) is 18.5. The lowest BCUT2D eigenvalue weighted by Crippen LogP contribution is -2.46. The van der Waals surface area contributed by atoms with Crippen LogP contribution in [0.4, 0.5) is 0 Å². The lowest BCUT2D eigenvalue weighted by atomic mass is 9.61. The summed E-state index contributed by atoms with van der Waals surface area (Å²) < 4.78 is 0. The van der Waals surface area contributed by atoms with Crippen molar-refractivity contribution in [2.45, 2.75) is 141 Å². The maximum Gasteiger partial charge on any atom is 0.0544 e.